The first-order valence-corrected chi connectivity index (χ1v) is 10.3. The number of piperidine rings is 1. The van der Waals surface area contributed by atoms with Gasteiger partial charge < -0.3 is 5.32 Å². The number of carbonyl (C=O) groups excluding carboxylic acids is 1. The van der Waals surface area contributed by atoms with Crippen molar-refractivity contribution in [1.29, 1.82) is 0 Å². The van der Waals surface area contributed by atoms with Crippen LogP contribution in [0.1, 0.15) is 25.7 Å². The number of sulfonamides is 1. The van der Waals surface area contributed by atoms with Crippen LogP contribution in [0, 0.1) is 5.92 Å². The van der Waals surface area contributed by atoms with Crippen molar-refractivity contribution in [2.75, 3.05) is 13.1 Å². The van der Waals surface area contributed by atoms with E-state index >= 15 is 0 Å². The Kier molecular flexibility index (Phi) is 4.25. The summed E-state index contributed by atoms with van der Waals surface area (Å²) in [6.45, 7) is 0.746. The number of rotatable bonds is 4. The molecule has 2 aromatic rings. The van der Waals surface area contributed by atoms with Crippen molar-refractivity contribution >= 4 is 26.7 Å². The Morgan fingerprint density at radius 1 is 1.04 bits per heavy atom. The van der Waals surface area contributed by atoms with Crippen molar-refractivity contribution in [3.05, 3.63) is 42.5 Å². The smallest absolute Gasteiger partial charge is 0.243 e. The summed E-state index contributed by atoms with van der Waals surface area (Å²) in [6, 6.07) is 13.2. The molecule has 1 atom stereocenters. The molecule has 1 heterocycles. The fraction of sp³-hybridized carbons (Fsp3) is 0.421. The van der Waals surface area contributed by atoms with E-state index in [0.29, 0.717) is 17.5 Å². The van der Waals surface area contributed by atoms with Crippen LogP contribution in [0.25, 0.3) is 10.8 Å². The SMILES string of the molecule is O=C(NC1CC1)C1CCCN(S(=O)(=O)c2ccc3ccccc3c2)C1. The monoisotopic (exact) mass is 358 g/mol. The van der Waals surface area contributed by atoms with E-state index in [2.05, 4.69) is 5.32 Å². The number of hydrogen-bond acceptors (Lipinski definition) is 3. The molecule has 1 saturated heterocycles. The number of nitrogens with zero attached hydrogens (tertiary/aromatic N) is 1. The third-order valence-electron chi connectivity index (χ3n) is 5.04. The summed E-state index contributed by atoms with van der Waals surface area (Å²) in [7, 11) is -3.58. The molecule has 1 aliphatic heterocycles. The minimum Gasteiger partial charge on any atom is -0.353 e. The summed E-state index contributed by atoms with van der Waals surface area (Å²) in [5, 5.41) is 4.92. The Morgan fingerprint density at radius 3 is 2.56 bits per heavy atom. The van der Waals surface area contributed by atoms with E-state index in [-0.39, 0.29) is 18.4 Å². The topological polar surface area (TPSA) is 66.5 Å². The van der Waals surface area contributed by atoms with Gasteiger partial charge in [-0.1, -0.05) is 30.3 Å². The van der Waals surface area contributed by atoms with Gasteiger partial charge in [-0.3, -0.25) is 4.79 Å². The molecule has 0 aromatic heterocycles. The lowest BCUT2D eigenvalue weighted by atomic mass is 9.99. The van der Waals surface area contributed by atoms with Crippen LogP contribution in [-0.4, -0.2) is 37.8 Å². The zero-order chi connectivity index (χ0) is 17.4. The Hall–Kier alpha value is -1.92. The van der Waals surface area contributed by atoms with Gasteiger partial charge in [0.25, 0.3) is 0 Å². The van der Waals surface area contributed by atoms with E-state index < -0.39 is 10.0 Å². The van der Waals surface area contributed by atoms with Crippen LogP contribution in [0.3, 0.4) is 0 Å². The van der Waals surface area contributed by atoms with Crippen LogP contribution in [0.2, 0.25) is 0 Å². The number of benzene rings is 2. The zero-order valence-electron chi connectivity index (χ0n) is 14.0. The predicted octanol–water partition coefficient (Wildman–Crippen LogP) is 2.52. The standard InChI is InChI=1S/C19H22N2O3S/c22-19(20-17-8-9-17)16-6-3-11-21(13-16)25(23,24)18-10-7-14-4-1-2-5-15(14)12-18/h1-2,4-5,7,10,12,16-17H,3,6,8-9,11,13H2,(H,20,22). The first kappa shape index (κ1) is 16.5. The minimum atomic E-state index is -3.58. The molecule has 1 amide bonds. The molecule has 1 unspecified atom stereocenters. The lowest BCUT2D eigenvalue weighted by molar-refractivity contribution is -0.126. The molecule has 5 nitrogen and oxygen atoms in total. The minimum absolute atomic E-state index is 0.000844. The third kappa shape index (κ3) is 3.41. The molecule has 132 valence electrons. The normalized spacial score (nSPS) is 22.0. The lowest BCUT2D eigenvalue weighted by Gasteiger charge is -2.31. The van der Waals surface area contributed by atoms with E-state index in [1.165, 1.54) is 4.31 Å². The van der Waals surface area contributed by atoms with Gasteiger partial charge in [-0.25, -0.2) is 8.42 Å². The second kappa shape index (κ2) is 6.42. The van der Waals surface area contributed by atoms with Gasteiger partial charge in [0.2, 0.25) is 15.9 Å². The molecule has 1 aliphatic carbocycles. The summed E-state index contributed by atoms with van der Waals surface area (Å²) in [6.07, 6.45) is 3.55. The van der Waals surface area contributed by atoms with Crippen LogP contribution in [0.4, 0.5) is 0 Å². The lowest BCUT2D eigenvalue weighted by Crippen LogP contribution is -2.45. The fourth-order valence-corrected chi connectivity index (χ4v) is 4.96. The highest BCUT2D eigenvalue weighted by molar-refractivity contribution is 7.89. The van der Waals surface area contributed by atoms with Crippen LogP contribution >= 0.6 is 0 Å². The van der Waals surface area contributed by atoms with Crippen molar-refractivity contribution in [2.45, 2.75) is 36.6 Å². The molecule has 1 saturated carbocycles. The number of amides is 1. The molecule has 4 rings (SSSR count). The fourth-order valence-electron chi connectivity index (χ4n) is 3.40. The molecule has 2 aromatic carbocycles. The summed E-state index contributed by atoms with van der Waals surface area (Å²) in [5.41, 5.74) is 0. The molecule has 25 heavy (non-hydrogen) atoms. The first-order chi connectivity index (χ1) is 12.0. The Morgan fingerprint density at radius 2 is 1.80 bits per heavy atom. The number of fused-ring (bicyclic) bond motifs is 1. The van der Waals surface area contributed by atoms with Crippen molar-refractivity contribution in [2.24, 2.45) is 5.92 Å². The van der Waals surface area contributed by atoms with Crippen molar-refractivity contribution in [3.63, 3.8) is 0 Å². The van der Waals surface area contributed by atoms with E-state index in [0.717, 1.165) is 36.5 Å². The Labute approximate surface area is 148 Å². The van der Waals surface area contributed by atoms with Crippen LogP contribution in [0.5, 0.6) is 0 Å². The highest BCUT2D eigenvalue weighted by atomic mass is 32.2. The Bertz CT molecular complexity index is 906. The van der Waals surface area contributed by atoms with Gasteiger partial charge >= 0.3 is 0 Å². The molecular formula is C19H22N2O3S. The molecule has 6 heteroatoms. The Balaban J connectivity index is 1.56. The maximum absolute atomic E-state index is 13.0. The highest BCUT2D eigenvalue weighted by Crippen LogP contribution is 2.27. The van der Waals surface area contributed by atoms with Gasteiger partial charge in [-0.2, -0.15) is 4.31 Å². The maximum atomic E-state index is 13.0. The van der Waals surface area contributed by atoms with Gasteiger partial charge in [0.1, 0.15) is 0 Å². The summed E-state index contributed by atoms with van der Waals surface area (Å²) in [5.74, 6) is -0.245. The second-order valence-electron chi connectivity index (χ2n) is 6.99. The van der Waals surface area contributed by atoms with Crippen LogP contribution in [0.15, 0.2) is 47.4 Å². The van der Waals surface area contributed by atoms with Crippen molar-refractivity contribution in [3.8, 4) is 0 Å². The first-order valence-electron chi connectivity index (χ1n) is 8.83. The molecule has 0 bridgehead atoms. The van der Waals surface area contributed by atoms with Gasteiger partial charge in [0.15, 0.2) is 0 Å². The van der Waals surface area contributed by atoms with E-state index in [1.807, 2.05) is 30.3 Å². The van der Waals surface area contributed by atoms with Gasteiger partial charge in [0, 0.05) is 19.1 Å². The molecule has 2 fully saturated rings. The van der Waals surface area contributed by atoms with E-state index in [9.17, 15) is 13.2 Å². The van der Waals surface area contributed by atoms with Crippen molar-refractivity contribution < 1.29 is 13.2 Å². The molecule has 2 aliphatic rings. The average Bonchev–Trinajstić information content (AvgIpc) is 3.45. The van der Waals surface area contributed by atoms with Crippen molar-refractivity contribution in [1.82, 2.24) is 9.62 Å². The number of carbonyl (C=O) groups is 1. The van der Waals surface area contributed by atoms with Gasteiger partial charge in [-0.05, 0) is 48.6 Å². The summed E-state index contributed by atoms with van der Waals surface area (Å²) < 4.78 is 27.5. The second-order valence-corrected chi connectivity index (χ2v) is 8.93. The quantitative estimate of drug-likeness (QED) is 0.913. The molecule has 0 spiro atoms. The molecular weight excluding hydrogens is 336 g/mol. The predicted molar refractivity (Wildman–Crippen MR) is 96.6 cm³/mol. The van der Waals surface area contributed by atoms with E-state index in [1.54, 1.807) is 12.1 Å². The summed E-state index contributed by atoms with van der Waals surface area (Å²) in [4.78, 5) is 12.6. The zero-order valence-corrected chi connectivity index (χ0v) is 14.8. The number of hydrogen-bond donors (Lipinski definition) is 1. The van der Waals surface area contributed by atoms with Gasteiger partial charge in [0.05, 0.1) is 10.8 Å². The maximum Gasteiger partial charge on any atom is 0.243 e. The van der Waals surface area contributed by atoms with Crippen LogP contribution in [-0.2, 0) is 14.8 Å². The average molecular weight is 358 g/mol. The van der Waals surface area contributed by atoms with Crippen LogP contribution < -0.4 is 5.32 Å². The third-order valence-corrected chi connectivity index (χ3v) is 6.90. The van der Waals surface area contributed by atoms with E-state index in [4.69, 9.17) is 0 Å². The highest BCUT2D eigenvalue weighted by Gasteiger charge is 2.35. The van der Waals surface area contributed by atoms with Gasteiger partial charge in [-0.15, -0.1) is 0 Å². The molecule has 1 N–H and O–H groups in total. The summed E-state index contributed by atoms with van der Waals surface area (Å²) >= 11 is 0. The largest absolute Gasteiger partial charge is 0.353 e. The number of nitrogens with one attached hydrogen (secondary N) is 1. The molecule has 0 radical (unpaired) electrons.